The van der Waals surface area contributed by atoms with Crippen LogP contribution in [0, 0.1) is 0 Å². The third-order valence-electron chi connectivity index (χ3n) is 1.14. The van der Waals surface area contributed by atoms with E-state index >= 15 is 0 Å². The summed E-state index contributed by atoms with van der Waals surface area (Å²) in [5.74, 6) is -2.08. The average molecular weight is 218 g/mol. The topological polar surface area (TPSA) is 74.6 Å². The number of carbonyl (C=O) groups is 2. The monoisotopic (exact) mass is 218 g/mol. The van der Waals surface area contributed by atoms with Gasteiger partial charge in [0.15, 0.2) is 0 Å². The molecule has 82 valence electrons. The quantitative estimate of drug-likeness (QED) is 0.418. The molecule has 4 nitrogen and oxygen atoms in total. The van der Waals surface area contributed by atoms with Gasteiger partial charge in [-0.2, -0.15) is 0 Å². The molecule has 0 heterocycles. The van der Waals surface area contributed by atoms with E-state index in [2.05, 4.69) is 11.5 Å². The van der Waals surface area contributed by atoms with Crippen molar-refractivity contribution in [2.75, 3.05) is 0 Å². The zero-order valence-corrected chi connectivity index (χ0v) is 8.33. The van der Waals surface area contributed by atoms with Crippen molar-refractivity contribution in [1.82, 2.24) is 0 Å². The first kappa shape index (κ1) is 13.5. The van der Waals surface area contributed by atoms with Gasteiger partial charge in [-0.3, -0.25) is 0 Å². The van der Waals surface area contributed by atoms with Crippen LogP contribution in [0.4, 0.5) is 0 Å². The maximum absolute atomic E-state index is 10.0. The molecule has 0 aromatic rings. The molecule has 0 saturated heterocycles. The van der Waals surface area contributed by atoms with Gasteiger partial charge in [0.25, 0.3) is 0 Å². The summed E-state index contributed by atoms with van der Waals surface area (Å²) in [6.07, 6.45) is 11.1. The van der Waals surface area contributed by atoms with E-state index in [1.807, 2.05) is 0 Å². The summed E-state index contributed by atoms with van der Waals surface area (Å²) < 4.78 is 0. The van der Waals surface area contributed by atoms with Gasteiger partial charge in [0, 0.05) is 6.08 Å². The van der Waals surface area contributed by atoms with Gasteiger partial charge in [-0.05, 0) is 6.08 Å². The third kappa shape index (κ3) is 11.5. The molecule has 0 aliphatic heterocycles. The van der Waals surface area contributed by atoms with E-state index in [0.29, 0.717) is 0 Å². The number of aliphatic carboxylic acids is 2. The molecule has 0 bridgehead atoms. The van der Waals surface area contributed by atoms with Gasteiger partial charge < -0.3 is 10.2 Å². The Kier molecular flexibility index (Phi) is 7.60. The summed E-state index contributed by atoms with van der Waals surface area (Å²) in [4.78, 5) is 20.1. The highest BCUT2D eigenvalue weighted by Gasteiger charge is 1.79. The second-order valence-electron chi connectivity index (χ2n) is 2.41. The van der Waals surface area contributed by atoms with Crippen molar-refractivity contribution in [3.63, 3.8) is 0 Å². The number of hydrogen-bond donors (Lipinski definition) is 2. The first-order chi connectivity index (χ1) is 7.63. The van der Waals surface area contributed by atoms with Crippen LogP contribution in [0.25, 0.3) is 0 Å². The molecule has 0 atom stereocenters. The fourth-order valence-electron chi connectivity index (χ4n) is 0.586. The predicted octanol–water partition coefficient (Wildman–Crippen LogP) is 1.69. The second kappa shape index (κ2) is 9.03. The van der Waals surface area contributed by atoms with Gasteiger partial charge in [0.2, 0.25) is 0 Å². The Morgan fingerprint density at radius 3 is 2.06 bits per heavy atom. The van der Waals surface area contributed by atoms with Gasteiger partial charge in [-0.15, -0.1) is 0 Å². The minimum absolute atomic E-state index is 0.843. The minimum Gasteiger partial charge on any atom is -0.478 e. The summed E-state index contributed by atoms with van der Waals surface area (Å²) in [6, 6.07) is 0. The second-order valence-corrected chi connectivity index (χ2v) is 2.41. The van der Waals surface area contributed by atoms with Crippen molar-refractivity contribution >= 4 is 11.9 Å². The third-order valence-corrected chi connectivity index (χ3v) is 1.14. The number of carboxylic acids is 2. The number of hydrogen-bond acceptors (Lipinski definition) is 2. The van der Waals surface area contributed by atoms with Crippen LogP contribution >= 0.6 is 0 Å². The largest absolute Gasteiger partial charge is 0.478 e. The normalized spacial score (nSPS) is 10.2. The highest BCUT2D eigenvalue weighted by atomic mass is 16.4. The minimum atomic E-state index is -1.08. The van der Waals surface area contributed by atoms with Crippen LogP contribution in [0.2, 0.25) is 0 Å². The fourth-order valence-corrected chi connectivity index (χ4v) is 0.586. The first-order valence-electron chi connectivity index (χ1n) is 4.26. The van der Waals surface area contributed by atoms with Crippen molar-refractivity contribution in [3.05, 3.63) is 60.1 Å². The molecular weight excluding hydrogens is 208 g/mol. The molecule has 0 spiro atoms. The van der Waals surface area contributed by atoms with E-state index < -0.39 is 11.9 Å². The van der Waals surface area contributed by atoms with Gasteiger partial charge in [0.1, 0.15) is 0 Å². The van der Waals surface area contributed by atoms with Crippen LogP contribution in [0.3, 0.4) is 0 Å². The maximum Gasteiger partial charge on any atom is 0.336 e. The Balaban J connectivity index is 4.09. The van der Waals surface area contributed by atoms with E-state index in [1.165, 1.54) is 12.2 Å². The lowest BCUT2D eigenvalue weighted by atomic mass is 10.4. The van der Waals surface area contributed by atoms with Crippen molar-refractivity contribution in [3.8, 4) is 0 Å². The standard InChI is InChI=1S/C12H10O4/c13-11(14)9-7-5-3-1-2-4-6-8-10-12(15)16/h1-5,7,9-10H,(H,13,14)(H,15,16). The van der Waals surface area contributed by atoms with E-state index in [0.717, 1.165) is 12.2 Å². The summed E-state index contributed by atoms with van der Waals surface area (Å²) in [6.45, 7) is 0. The molecule has 0 amide bonds. The number of rotatable bonds is 5. The summed E-state index contributed by atoms with van der Waals surface area (Å²) in [5.41, 5.74) is 4.79. The smallest absolute Gasteiger partial charge is 0.336 e. The molecule has 0 aliphatic carbocycles. The van der Waals surface area contributed by atoms with Crippen molar-refractivity contribution in [2.24, 2.45) is 0 Å². The molecular formula is C12H10O4. The number of allylic oxidation sites excluding steroid dienone is 6. The van der Waals surface area contributed by atoms with Crippen molar-refractivity contribution < 1.29 is 19.8 Å². The Hall–Kier alpha value is -2.54. The molecule has 0 aromatic carbocycles. The van der Waals surface area contributed by atoms with Crippen molar-refractivity contribution in [1.29, 1.82) is 0 Å². The molecule has 0 aliphatic rings. The number of carboxylic acid groups (broad SMARTS) is 2. The van der Waals surface area contributed by atoms with Crippen LogP contribution in [0.15, 0.2) is 60.1 Å². The van der Waals surface area contributed by atoms with E-state index in [-0.39, 0.29) is 0 Å². The average Bonchev–Trinajstić information content (AvgIpc) is 2.20. The molecule has 2 N–H and O–H groups in total. The molecule has 4 heteroatoms. The zero-order chi connectivity index (χ0) is 12.2. The molecule has 0 unspecified atom stereocenters. The highest BCUT2D eigenvalue weighted by Crippen LogP contribution is 1.81. The Morgan fingerprint density at radius 2 is 1.44 bits per heavy atom. The fraction of sp³-hybridized carbons (Fsp3) is 0. The molecule has 0 fully saturated rings. The summed E-state index contributed by atoms with van der Waals surface area (Å²) in [5, 5.41) is 16.4. The SMILES string of the molecule is O=C(O)C=C=C=CC=CC=CC=CC(=O)O. The van der Waals surface area contributed by atoms with Crippen molar-refractivity contribution in [2.45, 2.75) is 0 Å². The lowest BCUT2D eigenvalue weighted by Gasteiger charge is -1.74. The van der Waals surface area contributed by atoms with Gasteiger partial charge >= 0.3 is 11.9 Å². The Morgan fingerprint density at radius 1 is 0.812 bits per heavy atom. The lowest BCUT2D eigenvalue weighted by molar-refractivity contribution is -0.132. The molecule has 0 radical (unpaired) electrons. The van der Waals surface area contributed by atoms with Crippen LogP contribution < -0.4 is 0 Å². The maximum atomic E-state index is 10.0. The van der Waals surface area contributed by atoms with E-state index in [4.69, 9.17) is 10.2 Å². The Labute approximate surface area is 92.5 Å². The zero-order valence-electron chi connectivity index (χ0n) is 8.33. The summed E-state index contributed by atoms with van der Waals surface area (Å²) >= 11 is 0. The van der Waals surface area contributed by atoms with Gasteiger partial charge in [-0.1, -0.05) is 41.8 Å². The predicted molar refractivity (Wildman–Crippen MR) is 58.9 cm³/mol. The first-order valence-corrected chi connectivity index (χ1v) is 4.26. The lowest BCUT2D eigenvalue weighted by Crippen LogP contribution is -1.84. The summed E-state index contributed by atoms with van der Waals surface area (Å²) in [7, 11) is 0. The van der Waals surface area contributed by atoms with E-state index in [9.17, 15) is 9.59 Å². The molecule has 0 aromatic heterocycles. The van der Waals surface area contributed by atoms with Crippen LogP contribution in [-0.2, 0) is 9.59 Å². The van der Waals surface area contributed by atoms with Crippen LogP contribution in [-0.4, -0.2) is 22.2 Å². The van der Waals surface area contributed by atoms with Crippen LogP contribution in [0.1, 0.15) is 0 Å². The molecule has 0 rings (SSSR count). The molecule has 0 saturated carbocycles. The highest BCUT2D eigenvalue weighted by molar-refractivity contribution is 5.80. The molecule has 16 heavy (non-hydrogen) atoms. The van der Waals surface area contributed by atoms with Crippen LogP contribution in [0.5, 0.6) is 0 Å². The van der Waals surface area contributed by atoms with Gasteiger partial charge in [-0.25, -0.2) is 9.59 Å². The Bertz CT molecular complexity index is 426. The van der Waals surface area contributed by atoms with Gasteiger partial charge in [0.05, 0.1) is 6.08 Å². The van der Waals surface area contributed by atoms with E-state index in [1.54, 1.807) is 24.3 Å².